The van der Waals surface area contributed by atoms with E-state index in [4.69, 9.17) is 11.6 Å². The van der Waals surface area contributed by atoms with Crippen LogP contribution in [0.4, 0.5) is 10.7 Å². The fourth-order valence-corrected chi connectivity index (χ4v) is 4.01. The van der Waals surface area contributed by atoms with Crippen LogP contribution in [0, 0.1) is 0 Å². The van der Waals surface area contributed by atoms with Crippen molar-refractivity contribution in [3.63, 3.8) is 0 Å². The van der Waals surface area contributed by atoms with Gasteiger partial charge in [-0.1, -0.05) is 11.6 Å². The Balaban J connectivity index is 1.45. The number of urea groups is 1. The summed E-state index contributed by atoms with van der Waals surface area (Å²) >= 11 is 5.97. The van der Waals surface area contributed by atoms with E-state index in [-0.39, 0.29) is 22.9 Å². The average molecular weight is 365 g/mol. The lowest BCUT2D eigenvalue weighted by Crippen LogP contribution is -2.51. The van der Waals surface area contributed by atoms with Crippen molar-refractivity contribution in [1.82, 2.24) is 25.0 Å². The van der Waals surface area contributed by atoms with Crippen molar-refractivity contribution in [3.8, 4) is 0 Å². The number of hydrogen-bond acceptors (Lipinski definition) is 6. The van der Waals surface area contributed by atoms with Crippen LogP contribution in [0.1, 0.15) is 42.6 Å². The van der Waals surface area contributed by atoms with E-state index in [9.17, 15) is 9.59 Å². The first-order chi connectivity index (χ1) is 12.2. The zero-order valence-electron chi connectivity index (χ0n) is 14.0. The molecular weight excluding hydrogens is 344 g/mol. The molecule has 3 aliphatic rings. The summed E-state index contributed by atoms with van der Waals surface area (Å²) in [6, 6.07) is 0.767. The minimum absolute atomic E-state index is 0.0461. The average Bonchev–Trinajstić information content (AvgIpc) is 2.95. The van der Waals surface area contributed by atoms with Gasteiger partial charge in [0, 0.05) is 32.2 Å². The Labute approximate surface area is 151 Å². The molecule has 8 nitrogen and oxygen atoms in total. The number of aromatic nitrogens is 3. The minimum atomic E-state index is 0.0461. The van der Waals surface area contributed by atoms with E-state index < -0.39 is 0 Å². The van der Waals surface area contributed by atoms with Crippen molar-refractivity contribution in [2.45, 2.75) is 44.2 Å². The molecule has 9 heteroatoms. The number of amides is 2. The predicted octanol–water partition coefficient (Wildman–Crippen LogP) is 1.60. The number of carbonyl (C=O) groups excluding carboxylic acids is 2. The predicted molar refractivity (Wildman–Crippen MR) is 91.9 cm³/mol. The zero-order chi connectivity index (χ0) is 17.4. The molecule has 25 heavy (non-hydrogen) atoms. The second kappa shape index (κ2) is 6.74. The van der Waals surface area contributed by atoms with Gasteiger partial charge in [-0.15, -0.1) is 10.2 Å². The molecular formula is C16H21ClN6O2. The van der Waals surface area contributed by atoms with Crippen LogP contribution in [0.2, 0.25) is 5.15 Å². The summed E-state index contributed by atoms with van der Waals surface area (Å²) in [5.41, 5.74) is 0.0461. The molecule has 1 unspecified atom stereocenters. The third-order valence-electron chi connectivity index (χ3n) is 5.48. The van der Waals surface area contributed by atoms with Gasteiger partial charge in [-0.2, -0.15) is 4.98 Å². The van der Waals surface area contributed by atoms with E-state index in [1.807, 2.05) is 14.7 Å². The molecule has 1 aliphatic carbocycles. The fourth-order valence-electron chi connectivity index (χ4n) is 3.85. The van der Waals surface area contributed by atoms with Crippen molar-refractivity contribution in [1.29, 1.82) is 0 Å². The molecule has 0 N–H and O–H groups in total. The molecule has 0 spiro atoms. The Morgan fingerprint density at radius 3 is 2.36 bits per heavy atom. The standard InChI is InChI=1S/C16H21ClN6O2/c17-14-13(10-24)19-20-15(18-14)21-6-2-5-12(9-21)23-8-7-22(16(23)25)11-3-1-4-11/h10-12H,1-9H2. The highest BCUT2D eigenvalue weighted by molar-refractivity contribution is 6.31. The summed E-state index contributed by atoms with van der Waals surface area (Å²) in [7, 11) is 0. The molecule has 0 aromatic carbocycles. The van der Waals surface area contributed by atoms with Gasteiger partial charge >= 0.3 is 6.03 Å². The normalized spacial score (nSPS) is 24.6. The SMILES string of the molecule is O=Cc1nnc(N2CCCC(N3CCN(C4CCC4)C3=O)C2)nc1Cl. The summed E-state index contributed by atoms with van der Waals surface area (Å²) in [4.78, 5) is 33.8. The number of halogens is 1. The first-order valence-electron chi connectivity index (χ1n) is 8.85. The summed E-state index contributed by atoms with van der Waals surface area (Å²) in [5, 5.41) is 7.90. The van der Waals surface area contributed by atoms with Gasteiger partial charge in [0.15, 0.2) is 17.1 Å². The largest absolute Gasteiger partial charge is 0.337 e. The van der Waals surface area contributed by atoms with Crippen LogP contribution in [0.25, 0.3) is 0 Å². The highest BCUT2D eigenvalue weighted by atomic mass is 35.5. The van der Waals surface area contributed by atoms with Gasteiger partial charge in [0.2, 0.25) is 5.95 Å². The Morgan fingerprint density at radius 1 is 1.00 bits per heavy atom. The monoisotopic (exact) mass is 364 g/mol. The molecule has 0 radical (unpaired) electrons. The summed E-state index contributed by atoms with van der Waals surface area (Å²) < 4.78 is 0. The summed E-state index contributed by atoms with van der Waals surface area (Å²) in [6.07, 6.45) is 5.98. The van der Waals surface area contributed by atoms with Crippen LogP contribution in [0.15, 0.2) is 0 Å². The molecule has 4 rings (SSSR count). The summed E-state index contributed by atoms with van der Waals surface area (Å²) in [5.74, 6) is 0.419. The summed E-state index contributed by atoms with van der Waals surface area (Å²) in [6.45, 7) is 3.09. The number of anilines is 1. The number of hydrogen-bond donors (Lipinski definition) is 0. The number of rotatable bonds is 4. The van der Waals surface area contributed by atoms with Crippen molar-refractivity contribution >= 4 is 29.9 Å². The molecule has 3 heterocycles. The molecule has 2 saturated heterocycles. The zero-order valence-corrected chi connectivity index (χ0v) is 14.7. The van der Waals surface area contributed by atoms with E-state index in [0.29, 0.717) is 24.8 Å². The van der Waals surface area contributed by atoms with Crippen molar-refractivity contribution in [2.24, 2.45) is 0 Å². The van der Waals surface area contributed by atoms with Gasteiger partial charge in [-0.3, -0.25) is 4.79 Å². The number of nitrogens with zero attached hydrogens (tertiary/aromatic N) is 6. The fraction of sp³-hybridized carbons (Fsp3) is 0.688. The van der Waals surface area contributed by atoms with E-state index in [1.54, 1.807) is 0 Å². The second-order valence-electron chi connectivity index (χ2n) is 6.90. The Hall–Kier alpha value is -1.96. The lowest BCUT2D eigenvalue weighted by Gasteiger charge is -2.38. The van der Waals surface area contributed by atoms with Crippen molar-refractivity contribution in [2.75, 3.05) is 31.1 Å². The van der Waals surface area contributed by atoms with Crippen LogP contribution in [-0.4, -0.2) is 75.6 Å². The maximum Gasteiger partial charge on any atom is 0.320 e. The second-order valence-corrected chi connectivity index (χ2v) is 7.26. The van der Waals surface area contributed by atoms with E-state index >= 15 is 0 Å². The molecule has 2 aliphatic heterocycles. The van der Waals surface area contributed by atoms with Gasteiger partial charge in [-0.25, -0.2) is 4.79 Å². The lowest BCUT2D eigenvalue weighted by atomic mass is 9.92. The van der Waals surface area contributed by atoms with Crippen LogP contribution in [-0.2, 0) is 0 Å². The molecule has 3 fully saturated rings. The first-order valence-corrected chi connectivity index (χ1v) is 9.22. The quantitative estimate of drug-likeness (QED) is 0.755. The highest BCUT2D eigenvalue weighted by Gasteiger charge is 2.40. The van der Waals surface area contributed by atoms with E-state index in [1.165, 1.54) is 6.42 Å². The maximum atomic E-state index is 12.7. The van der Waals surface area contributed by atoms with Crippen molar-refractivity contribution < 1.29 is 9.59 Å². The topological polar surface area (TPSA) is 82.5 Å². The van der Waals surface area contributed by atoms with Crippen LogP contribution in [0.3, 0.4) is 0 Å². The highest BCUT2D eigenvalue weighted by Crippen LogP contribution is 2.30. The molecule has 1 saturated carbocycles. The molecule has 1 aromatic rings. The minimum Gasteiger partial charge on any atom is -0.337 e. The van der Waals surface area contributed by atoms with Gasteiger partial charge in [0.05, 0.1) is 6.04 Å². The van der Waals surface area contributed by atoms with Crippen LogP contribution < -0.4 is 4.90 Å². The maximum absolute atomic E-state index is 12.7. The van der Waals surface area contributed by atoms with Gasteiger partial charge < -0.3 is 14.7 Å². The smallest absolute Gasteiger partial charge is 0.320 e. The van der Waals surface area contributed by atoms with Crippen LogP contribution >= 0.6 is 11.6 Å². The molecule has 1 atom stereocenters. The van der Waals surface area contributed by atoms with E-state index in [2.05, 4.69) is 15.2 Å². The number of piperidine rings is 1. The number of aldehydes is 1. The number of carbonyl (C=O) groups is 2. The third-order valence-corrected chi connectivity index (χ3v) is 5.76. The van der Waals surface area contributed by atoms with Gasteiger partial charge in [0.25, 0.3) is 0 Å². The van der Waals surface area contributed by atoms with Gasteiger partial charge in [0.1, 0.15) is 0 Å². The third kappa shape index (κ3) is 3.03. The molecule has 0 bridgehead atoms. The van der Waals surface area contributed by atoms with Crippen LogP contribution in [0.5, 0.6) is 0 Å². The molecule has 134 valence electrons. The first kappa shape index (κ1) is 16.5. The molecule has 2 amide bonds. The Morgan fingerprint density at radius 2 is 1.72 bits per heavy atom. The van der Waals surface area contributed by atoms with Crippen molar-refractivity contribution in [3.05, 3.63) is 10.8 Å². The van der Waals surface area contributed by atoms with E-state index in [0.717, 1.165) is 45.3 Å². The molecule has 1 aromatic heterocycles. The van der Waals surface area contributed by atoms with Gasteiger partial charge in [-0.05, 0) is 32.1 Å². The lowest BCUT2D eigenvalue weighted by molar-refractivity contribution is 0.111. The Bertz CT molecular complexity index is 683. The Kier molecular flexibility index (Phi) is 4.45.